The SMILES string of the molecule is CC(CN(C)S(=O)(=O)Cc1ccccc1[N+](=O)[O-])C(=O)O. The summed E-state index contributed by atoms with van der Waals surface area (Å²) in [7, 11) is -2.58. The molecular weight excluding hydrogens is 300 g/mol. The fourth-order valence-corrected chi connectivity index (χ4v) is 3.00. The van der Waals surface area contributed by atoms with Crippen LogP contribution in [-0.2, 0) is 20.6 Å². The molecule has 0 bridgehead atoms. The molecule has 0 fully saturated rings. The van der Waals surface area contributed by atoms with E-state index in [1.807, 2.05) is 0 Å². The van der Waals surface area contributed by atoms with Gasteiger partial charge in [-0.05, 0) is 0 Å². The first-order chi connectivity index (χ1) is 9.65. The molecule has 8 nitrogen and oxygen atoms in total. The van der Waals surface area contributed by atoms with Crippen LogP contribution in [0, 0.1) is 16.0 Å². The molecular formula is C12H16N2O6S. The number of para-hydroxylation sites is 1. The summed E-state index contributed by atoms with van der Waals surface area (Å²) in [5.74, 6) is -2.52. The van der Waals surface area contributed by atoms with Gasteiger partial charge < -0.3 is 5.11 Å². The highest BCUT2D eigenvalue weighted by Crippen LogP contribution is 2.21. The summed E-state index contributed by atoms with van der Waals surface area (Å²) in [6, 6.07) is 5.55. The zero-order valence-electron chi connectivity index (χ0n) is 11.6. The number of carboxylic acids is 1. The van der Waals surface area contributed by atoms with Crippen LogP contribution in [-0.4, -0.2) is 42.3 Å². The summed E-state index contributed by atoms with van der Waals surface area (Å²) >= 11 is 0. The smallest absolute Gasteiger partial charge is 0.307 e. The van der Waals surface area contributed by atoms with E-state index in [9.17, 15) is 23.3 Å². The molecule has 0 aliphatic carbocycles. The van der Waals surface area contributed by atoms with Crippen molar-refractivity contribution in [1.82, 2.24) is 4.31 Å². The molecule has 0 spiro atoms. The van der Waals surface area contributed by atoms with Crippen molar-refractivity contribution in [2.75, 3.05) is 13.6 Å². The molecule has 9 heteroatoms. The van der Waals surface area contributed by atoms with E-state index < -0.39 is 32.6 Å². The Hall–Kier alpha value is -2.00. The largest absolute Gasteiger partial charge is 0.481 e. The number of hydrogen-bond donors (Lipinski definition) is 1. The number of rotatable bonds is 7. The first-order valence-electron chi connectivity index (χ1n) is 6.04. The fraction of sp³-hybridized carbons (Fsp3) is 0.417. The Morgan fingerprint density at radius 3 is 2.52 bits per heavy atom. The van der Waals surface area contributed by atoms with Crippen LogP contribution in [0.15, 0.2) is 24.3 Å². The minimum absolute atomic E-state index is 0.0670. The number of nitro groups is 1. The number of sulfonamides is 1. The van der Waals surface area contributed by atoms with E-state index in [1.54, 1.807) is 0 Å². The van der Waals surface area contributed by atoms with Crippen LogP contribution in [0.4, 0.5) is 5.69 Å². The van der Waals surface area contributed by atoms with Gasteiger partial charge in [-0.3, -0.25) is 14.9 Å². The quantitative estimate of drug-likeness (QED) is 0.594. The summed E-state index contributed by atoms with van der Waals surface area (Å²) in [6.45, 7) is 1.19. The van der Waals surface area contributed by atoms with Crippen LogP contribution < -0.4 is 0 Å². The topological polar surface area (TPSA) is 118 Å². The van der Waals surface area contributed by atoms with Crippen molar-refractivity contribution in [1.29, 1.82) is 0 Å². The zero-order valence-corrected chi connectivity index (χ0v) is 12.4. The Morgan fingerprint density at radius 1 is 1.43 bits per heavy atom. The first kappa shape index (κ1) is 17.1. The van der Waals surface area contributed by atoms with Crippen LogP contribution in [0.25, 0.3) is 0 Å². The van der Waals surface area contributed by atoms with E-state index in [4.69, 9.17) is 5.11 Å². The summed E-state index contributed by atoms with van der Waals surface area (Å²) < 4.78 is 25.2. The number of aliphatic carboxylic acids is 1. The third-order valence-electron chi connectivity index (χ3n) is 2.95. The van der Waals surface area contributed by atoms with Gasteiger partial charge in [0, 0.05) is 25.2 Å². The second-order valence-electron chi connectivity index (χ2n) is 4.66. The third-order valence-corrected chi connectivity index (χ3v) is 4.73. The Morgan fingerprint density at radius 2 is 2.00 bits per heavy atom. The molecule has 0 radical (unpaired) electrons. The molecule has 1 unspecified atom stereocenters. The summed E-state index contributed by atoms with van der Waals surface area (Å²) in [5.41, 5.74) is -0.210. The van der Waals surface area contributed by atoms with Crippen molar-refractivity contribution in [3.63, 3.8) is 0 Å². The van der Waals surface area contributed by atoms with Gasteiger partial charge in [0.05, 0.1) is 16.6 Å². The predicted molar refractivity (Wildman–Crippen MR) is 75.2 cm³/mol. The van der Waals surface area contributed by atoms with Crippen LogP contribution in [0.1, 0.15) is 12.5 Å². The van der Waals surface area contributed by atoms with Crippen molar-refractivity contribution in [2.24, 2.45) is 5.92 Å². The molecule has 0 aliphatic heterocycles. The minimum atomic E-state index is -3.83. The average Bonchev–Trinajstić information content (AvgIpc) is 2.38. The van der Waals surface area contributed by atoms with Gasteiger partial charge in [0.1, 0.15) is 0 Å². The van der Waals surface area contributed by atoms with E-state index in [2.05, 4.69) is 0 Å². The van der Waals surface area contributed by atoms with E-state index in [0.29, 0.717) is 0 Å². The number of hydrogen-bond acceptors (Lipinski definition) is 5. The average molecular weight is 316 g/mol. The number of carbonyl (C=O) groups is 1. The van der Waals surface area contributed by atoms with Crippen molar-refractivity contribution in [3.05, 3.63) is 39.9 Å². The van der Waals surface area contributed by atoms with Gasteiger partial charge >= 0.3 is 5.97 Å². The molecule has 1 aromatic carbocycles. The Labute approximate surface area is 122 Å². The van der Waals surface area contributed by atoms with Gasteiger partial charge in [-0.25, -0.2) is 12.7 Å². The second-order valence-corrected chi connectivity index (χ2v) is 6.74. The Bertz CT molecular complexity index is 643. The molecule has 116 valence electrons. The highest BCUT2D eigenvalue weighted by Gasteiger charge is 2.26. The van der Waals surface area contributed by atoms with E-state index in [0.717, 1.165) is 4.31 Å². The van der Waals surface area contributed by atoms with Crippen LogP contribution >= 0.6 is 0 Å². The number of nitrogens with zero attached hydrogens (tertiary/aromatic N) is 2. The van der Waals surface area contributed by atoms with Crippen molar-refractivity contribution in [2.45, 2.75) is 12.7 Å². The van der Waals surface area contributed by atoms with Crippen LogP contribution in [0.5, 0.6) is 0 Å². The molecule has 0 saturated carbocycles. The molecule has 0 amide bonds. The molecule has 1 rings (SSSR count). The van der Waals surface area contributed by atoms with E-state index in [-0.39, 0.29) is 17.8 Å². The number of nitro benzene ring substituents is 1. The molecule has 1 N–H and O–H groups in total. The summed E-state index contributed by atoms with van der Waals surface area (Å²) in [4.78, 5) is 21.0. The highest BCUT2D eigenvalue weighted by atomic mass is 32.2. The van der Waals surface area contributed by atoms with Crippen LogP contribution in [0.3, 0.4) is 0 Å². The Balaban J connectivity index is 2.95. The molecule has 1 atom stereocenters. The van der Waals surface area contributed by atoms with Crippen molar-refractivity contribution < 1.29 is 23.2 Å². The first-order valence-corrected chi connectivity index (χ1v) is 7.65. The lowest BCUT2D eigenvalue weighted by Crippen LogP contribution is -2.34. The lowest BCUT2D eigenvalue weighted by atomic mass is 10.2. The van der Waals surface area contributed by atoms with Gasteiger partial charge in [-0.2, -0.15) is 0 Å². The monoisotopic (exact) mass is 316 g/mol. The van der Waals surface area contributed by atoms with Gasteiger partial charge in [0.2, 0.25) is 10.0 Å². The molecule has 0 heterocycles. The lowest BCUT2D eigenvalue weighted by molar-refractivity contribution is -0.385. The van der Waals surface area contributed by atoms with Crippen molar-refractivity contribution in [3.8, 4) is 0 Å². The molecule has 1 aromatic rings. The van der Waals surface area contributed by atoms with E-state index in [1.165, 1.54) is 38.2 Å². The van der Waals surface area contributed by atoms with Gasteiger partial charge in [-0.1, -0.05) is 25.1 Å². The maximum atomic E-state index is 12.1. The van der Waals surface area contributed by atoms with Gasteiger partial charge in [-0.15, -0.1) is 0 Å². The van der Waals surface area contributed by atoms with Crippen molar-refractivity contribution >= 4 is 21.7 Å². The number of carboxylic acid groups (broad SMARTS) is 1. The maximum Gasteiger partial charge on any atom is 0.307 e. The zero-order chi connectivity index (χ0) is 16.2. The highest BCUT2D eigenvalue weighted by molar-refractivity contribution is 7.88. The standard InChI is InChI=1S/C12H16N2O6S/c1-9(12(15)16)7-13(2)21(19,20)8-10-5-3-4-6-11(10)14(17)18/h3-6,9H,7-8H2,1-2H3,(H,15,16). The number of benzene rings is 1. The minimum Gasteiger partial charge on any atom is -0.481 e. The fourth-order valence-electron chi connectivity index (χ4n) is 1.70. The third kappa shape index (κ3) is 4.50. The van der Waals surface area contributed by atoms with Gasteiger partial charge in [0.15, 0.2) is 0 Å². The Kier molecular flexibility index (Phi) is 5.39. The second kappa shape index (κ2) is 6.64. The van der Waals surface area contributed by atoms with Gasteiger partial charge in [0.25, 0.3) is 5.69 Å². The molecule has 0 aliphatic rings. The molecule has 0 saturated heterocycles. The molecule has 0 aromatic heterocycles. The molecule has 21 heavy (non-hydrogen) atoms. The normalized spacial score (nSPS) is 13.1. The van der Waals surface area contributed by atoms with Crippen LogP contribution in [0.2, 0.25) is 0 Å². The summed E-state index contributed by atoms with van der Waals surface area (Å²) in [6.07, 6.45) is 0. The summed E-state index contributed by atoms with van der Waals surface area (Å²) in [5, 5.41) is 19.7. The maximum absolute atomic E-state index is 12.1. The van der Waals surface area contributed by atoms with E-state index >= 15 is 0 Å². The lowest BCUT2D eigenvalue weighted by Gasteiger charge is -2.19. The predicted octanol–water partition coefficient (Wildman–Crippen LogP) is 1.08.